The van der Waals surface area contributed by atoms with Gasteiger partial charge in [0.1, 0.15) is 0 Å². The van der Waals surface area contributed by atoms with Crippen molar-refractivity contribution in [1.29, 1.82) is 0 Å². The summed E-state index contributed by atoms with van der Waals surface area (Å²) in [5, 5.41) is 0. The molecule has 0 spiro atoms. The summed E-state index contributed by atoms with van der Waals surface area (Å²) in [7, 11) is 3.68. The Morgan fingerprint density at radius 3 is 2.79 bits per heavy atom. The number of benzene rings is 1. The average Bonchev–Trinajstić information content (AvgIpc) is 2.68. The monoisotopic (exact) mass is 258 g/mol. The average molecular weight is 258 g/mol. The van der Waals surface area contributed by atoms with Crippen LogP contribution in [0.2, 0.25) is 6.82 Å². The molecule has 4 nitrogen and oxygen atoms in total. The third-order valence-electron chi connectivity index (χ3n) is 3.43. The Labute approximate surface area is 114 Å². The highest BCUT2D eigenvalue weighted by Crippen LogP contribution is 2.21. The van der Waals surface area contributed by atoms with Crippen LogP contribution in [-0.2, 0) is 11.3 Å². The fourth-order valence-electron chi connectivity index (χ4n) is 2.63. The second kappa shape index (κ2) is 5.17. The lowest BCUT2D eigenvalue weighted by molar-refractivity contribution is 0.100. The summed E-state index contributed by atoms with van der Waals surface area (Å²) < 4.78 is 5.63. The molecule has 100 valence electrons. The number of carbonyl (C=O) groups is 1. The van der Waals surface area contributed by atoms with E-state index in [0.717, 1.165) is 16.6 Å². The van der Waals surface area contributed by atoms with Crippen molar-refractivity contribution in [3.05, 3.63) is 28.3 Å². The first-order valence-electron chi connectivity index (χ1n) is 6.41. The van der Waals surface area contributed by atoms with E-state index in [9.17, 15) is 4.79 Å². The van der Waals surface area contributed by atoms with Gasteiger partial charge in [-0.05, 0) is 36.0 Å². The zero-order chi connectivity index (χ0) is 14.2. The van der Waals surface area contributed by atoms with Crippen molar-refractivity contribution < 1.29 is 9.45 Å². The Morgan fingerprint density at radius 1 is 1.47 bits per heavy atom. The van der Waals surface area contributed by atoms with Crippen molar-refractivity contribution in [2.75, 3.05) is 14.1 Å². The molecule has 1 aromatic rings. The predicted molar refractivity (Wildman–Crippen MR) is 78.5 cm³/mol. The van der Waals surface area contributed by atoms with Crippen LogP contribution in [0.25, 0.3) is 0 Å². The maximum atomic E-state index is 12.2. The van der Waals surface area contributed by atoms with E-state index in [-0.39, 0.29) is 12.8 Å². The second-order valence-electron chi connectivity index (χ2n) is 5.23. The van der Waals surface area contributed by atoms with E-state index in [1.54, 1.807) is 4.90 Å². The van der Waals surface area contributed by atoms with Gasteiger partial charge in [0.05, 0.1) is 12.9 Å². The molecule has 0 radical (unpaired) electrons. The van der Waals surface area contributed by atoms with Crippen LogP contribution in [0, 0.1) is 13.8 Å². The standard InChI is InChI=1S/C14H19BN2O2/c1-9-6-11-7-19-15(3)13(11)10(2)12(9)14(18)16-8-17(4)5/h6,8H,7H2,1-5H3. The first kappa shape index (κ1) is 13.8. The summed E-state index contributed by atoms with van der Waals surface area (Å²) >= 11 is 0. The van der Waals surface area contributed by atoms with Crippen LogP contribution in [0.4, 0.5) is 0 Å². The molecule has 0 fully saturated rings. The van der Waals surface area contributed by atoms with Crippen LogP contribution >= 0.6 is 0 Å². The quantitative estimate of drug-likeness (QED) is 0.457. The van der Waals surface area contributed by atoms with Crippen LogP contribution in [-0.4, -0.2) is 38.2 Å². The molecule has 1 aliphatic rings. The summed E-state index contributed by atoms with van der Waals surface area (Å²) in [6, 6.07) is 2.05. The summed E-state index contributed by atoms with van der Waals surface area (Å²) in [5.74, 6) is -0.189. The van der Waals surface area contributed by atoms with Gasteiger partial charge in [0.15, 0.2) is 0 Å². The zero-order valence-corrected chi connectivity index (χ0v) is 12.2. The van der Waals surface area contributed by atoms with Gasteiger partial charge in [0, 0.05) is 19.7 Å². The highest BCUT2D eigenvalue weighted by atomic mass is 16.4. The number of hydrogen-bond donors (Lipinski definition) is 0. The minimum absolute atomic E-state index is 0.0555. The number of amides is 1. The number of fused-ring (bicyclic) bond motifs is 1. The molecule has 0 N–H and O–H groups in total. The van der Waals surface area contributed by atoms with Crippen LogP contribution < -0.4 is 5.46 Å². The number of hydrogen-bond acceptors (Lipinski definition) is 2. The number of nitrogens with zero attached hydrogens (tertiary/aromatic N) is 2. The Kier molecular flexibility index (Phi) is 3.76. The van der Waals surface area contributed by atoms with E-state index in [0.29, 0.717) is 12.2 Å². The van der Waals surface area contributed by atoms with E-state index in [1.807, 2.05) is 40.8 Å². The molecule has 19 heavy (non-hydrogen) atoms. The molecule has 0 aliphatic carbocycles. The molecule has 0 aromatic heterocycles. The predicted octanol–water partition coefficient (Wildman–Crippen LogP) is 1.39. The van der Waals surface area contributed by atoms with E-state index >= 15 is 0 Å². The van der Waals surface area contributed by atoms with Gasteiger partial charge >= 0.3 is 6.92 Å². The van der Waals surface area contributed by atoms with Gasteiger partial charge in [-0.15, -0.1) is 0 Å². The van der Waals surface area contributed by atoms with Crippen LogP contribution in [0.5, 0.6) is 0 Å². The SMILES string of the molecule is CB1OCc2cc(C)c(C(=O)N=CN(C)C)c(C)c21. The summed E-state index contributed by atoms with van der Waals surface area (Å²) in [5.41, 5.74) is 5.01. The van der Waals surface area contributed by atoms with Crippen molar-refractivity contribution >= 4 is 24.6 Å². The largest absolute Gasteiger partial charge is 0.427 e. The molecular weight excluding hydrogens is 239 g/mol. The zero-order valence-electron chi connectivity index (χ0n) is 12.2. The molecule has 1 aliphatic heterocycles. The lowest BCUT2D eigenvalue weighted by Gasteiger charge is -2.12. The van der Waals surface area contributed by atoms with Gasteiger partial charge in [0.25, 0.3) is 5.91 Å². The molecule has 0 bridgehead atoms. The lowest BCUT2D eigenvalue weighted by atomic mass is 9.61. The molecule has 0 atom stereocenters. The molecule has 0 saturated heterocycles. The Hall–Kier alpha value is -1.62. The first-order chi connectivity index (χ1) is 8.91. The molecule has 5 heteroatoms. The molecule has 2 rings (SSSR count). The lowest BCUT2D eigenvalue weighted by Crippen LogP contribution is -2.29. The van der Waals surface area contributed by atoms with E-state index in [1.165, 1.54) is 11.9 Å². The highest BCUT2D eigenvalue weighted by molar-refractivity contribution is 6.68. The van der Waals surface area contributed by atoms with Crippen molar-refractivity contribution in [3.63, 3.8) is 0 Å². The number of aryl methyl sites for hydroxylation is 1. The van der Waals surface area contributed by atoms with Crippen LogP contribution in [0.15, 0.2) is 11.1 Å². The number of aliphatic imine (C=N–C) groups is 1. The summed E-state index contributed by atoms with van der Waals surface area (Å²) in [6.07, 6.45) is 1.54. The van der Waals surface area contributed by atoms with Gasteiger partial charge in [-0.25, -0.2) is 0 Å². The van der Waals surface area contributed by atoms with Gasteiger partial charge in [-0.2, -0.15) is 4.99 Å². The molecule has 1 aromatic carbocycles. The second-order valence-corrected chi connectivity index (χ2v) is 5.23. The number of rotatable bonds is 2. The van der Waals surface area contributed by atoms with Gasteiger partial charge in [-0.3, -0.25) is 4.79 Å². The topological polar surface area (TPSA) is 41.9 Å². The molecule has 0 saturated carbocycles. The van der Waals surface area contributed by atoms with Crippen molar-refractivity contribution in [1.82, 2.24) is 4.90 Å². The van der Waals surface area contributed by atoms with Gasteiger partial charge < -0.3 is 9.55 Å². The first-order valence-corrected chi connectivity index (χ1v) is 6.41. The molecule has 1 heterocycles. The van der Waals surface area contributed by atoms with Gasteiger partial charge in [0.2, 0.25) is 0 Å². The Morgan fingerprint density at radius 2 is 2.16 bits per heavy atom. The fourth-order valence-corrected chi connectivity index (χ4v) is 2.63. The van der Waals surface area contributed by atoms with E-state index in [4.69, 9.17) is 4.65 Å². The summed E-state index contributed by atoms with van der Waals surface area (Å²) in [4.78, 5) is 18.0. The van der Waals surface area contributed by atoms with Gasteiger partial charge in [-0.1, -0.05) is 12.9 Å². The van der Waals surface area contributed by atoms with E-state index < -0.39 is 0 Å². The fraction of sp³-hybridized carbons (Fsp3) is 0.429. The van der Waals surface area contributed by atoms with Crippen LogP contribution in [0.1, 0.15) is 27.0 Å². The molecule has 0 unspecified atom stereocenters. The normalized spacial score (nSPS) is 14.1. The third kappa shape index (κ3) is 2.56. The third-order valence-corrected chi connectivity index (χ3v) is 3.43. The minimum atomic E-state index is -0.189. The van der Waals surface area contributed by atoms with Crippen molar-refractivity contribution in [3.8, 4) is 0 Å². The molecular formula is C14H19BN2O2. The molecule has 1 amide bonds. The minimum Gasteiger partial charge on any atom is -0.427 e. The van der Waals surface area contributed by atoms with Crippen molar-refractivity contribution in [2.24, 2.45) is 4.99 Å². The number of carbonyl (C=O) groups excluding carboxylic acids is 1. The van der Waals surface area contributed by atoms with Crippen molar-refractivity contribution in [2.45, 2.75) is 27.3 Å². The smallest absolute Gasteiger partial charge is 0.324 e. The highest BCUT2D eigenvalue weighted by Gasteiger charge is 2.28. The van der Waals surface area contributed by atoms with E-state index in [2.05, 4.69) is 4.99 Å². The Bertz CT molecular complexity index is 553. The maximum absolute atomic E-state index is 12.2. The maximum Gasteiger partial charge on any atom is 0.324 e. The Balaban J connectivity index is 2.47. The van der Waals surface area contributed by atoms with Crippen LogP contribution in [0.3, 0.4) is 0 Å². The summed E-state index contributed by atoms with van der Waals surface area (Å²) in [6.45, 7) is 6.64.